The van der Waals surface area contributed by atoms with Crippen molar-refractivity contribution in [3.63, 3.8) is 0 Å². The number of aliphatic hydroxyl groups excluding tert-OH is 1. The van der Waals surface area contributed by atoms with Crippen LogP contribution in [0.2, 0.25) is 0 Å². The first-order valence-corrected chi connectivity index (χ1v) is 8.68. The smallest absolute Gasteiger partial charge is 0.222 e. The molecule has 0 radical (unpaired) electrons. The molecule has 0 aliphatic carbocycles. The Morgan fingerprint density at radius 2 is 1.88 bits per heavy atom. The van der Waals surface area contributed by atoms with Gasteiger partial charge in [-0.1, -0.05) is 6.92 Å². The highest BCUT2D eigenvalue weighted by molar-refractivity contribution is 5.76. The van der Waals surface area contributed by atoms with E-state index in [9.17, 15) is 23.5 Å². The standard InChI is InChI=1S/C18H24F2N2O4/c1-2-17(24)22-15-4-3-14(26-16(15)10-23)8-18(25)21-9-11-5-12(19)7-13(20)6-11/h5-7,14-16,23H,2-4,8-10H2,1H3,(H,21,25)(H,22,24)/t14-,15-,16+/m1/s1. The summed E-state index contributed by atoms with van der Waals surface area (Å²) < 4.78 is 32.0. The molecule has 3 N–H and O–H groups in total. The summed E-state index contributed by atoms with van der Waals surface area (Å²) in [6, 6.07) is 2.80. The monoisotopic (exact) mass is 370 g/mol. The van der Waals surface area contributed by atoms with Crippen LogP contribution < -0.4 is 10.6 Å². The summed E-state index contributed by atoms with van der Waals surface area (Å²) in [5.41, 5.74) is 0.330. The van der Waals surface area contributed by atoms with Crippen LogP contribution in [0.3, 0.4) is 0 Å². The molecule has 0 aromatic heterocycles. The zero-order valence-electron chi connectivity index (χ0n) is 14.6. The summed E-state index contributed by atoms with van der Waals surface area (Å²) >= 11 is 0. The van der Waals surface area contributed by atoms with Gasteiger partial charge in [-0.25, -0.2) is 8.78 Å². The first-order valence-electron chi connectivity index (χ1n) is 8.68. The SMILES string of the molecule is CCC(=O)N[C@@H]1CC[C@H](CC(=O)NCc2cc(F)cc(F)c2)O[C@H]1CO. The number of hydrogen-bond donors (Lipinski definition) is 3. The molecule has 144 valence electrons. The molecule has 2 amide bonds. The second kappa shape index (κ2) is 9.59. The predicted octanol–water partition coefficient (Wildman–Crippen LogP) is 1.41. The lowest BCUT2D eigenvalue weighted by Gasteiger charge is -2.36. The summed E-state index contributed by atoms with van der Waals surface area (Å²) in [7, 11) is 0. The summed E-state index contributed by atoms with van der Waals surface area (Å²) in [6.45, 7) is 1.50. The van der Waals surface area contributed by atoms with Crippen LogP contribution in [0, 0.1) is 11.6 Å². The topological polar surface area (TPSA) is 87.7 Å². The van der Waals surface area contributed by atoms with E-state index in [2.05, 4.69) is 10.6 Å². The number of ether oxygens (including phenoxy) is 1. The number of benzene rings is 1. The van der Waals surface area contributed by atoms with Crippen molar-refractivity contribution in [2.45, 2.75) is 57.4 Å². The molecule has 1 aliphatic rings. The van der Waals surface area contributed by atoms with Crippen molar-refractivity contribution in [2.75, 3.05) is 6.61 Å². The molecule has 0 unspecified atom stereocenters. The number of carbonyl (C=O) groups is 2. The molecule has 6 nitrogen and oxygen atoms in total. The van der Waals surface area contributed by atoms with Gasteiger partial charge in [-0.05, 0) is 30.5 Å². The fourth-order valence-electron chi connectivity index (χ4n) is 2.95. The van der Waals surface area contributed by atoms with Gasteiger partial charge < -0.3 is 20.5 Å². The number of halogens is 2. The molecule has 26 heavy (non-hydrogen) atoms. The fraction of sp³-hybridized carbons (Fsp3) is 0.556. The molecule has 1 heterocycles. The van der Waals surface area contributed by atoms with E-state index in [0.717, 1.165) is 18.2 Å². The molecule has 2 rings (SSSR count). The Morgan fingerprint density at radius 1 is 1.19 bits per heavy atom. The molecule has 1 saturated heterocycles. The second-order valence-corrected chi connectivity index (χ2v) is 6.34. The zero-order chi connectivity index (χ0) is 19.1. The van der Waals surface area contributed by atoms with Gasteiger partial charge in [0.25, 0.3) is 0 Å². The van der Waals surface area contributed by atoms with Gasteiger partial charge in [0.05, 0.1) is 25.2 Å². The summed E-state index contributed by atoms with van der Waals surface area (Å²) in [5, 5.41) is 14.9. The van der Waals surface area contributed by atoms with E-state index in [1.165, 1.54) is 0 Å². The van der Waals surface area contributed by atoms with Crippen LogP contribution in [0.5, 0.6) is 0 Å². The fourth-order valence-corrected chi connectivity index (χ4v) is 2.95. The summed E-state index contributed by atoms with van der Waals surface area (Å²) in [6.07, 6.45) is 0.640. The Morgan fingerprint density at radius 3 is 2.50 bits per heavy atom. The Labute approximate surface area is 150 Å². The van der Waals surface area contributed by atoms with Gasteiger partial charge in [0, 0.05) is 19.0 Å². The number of amides is 2. The molecule has 3 atom stereocenters. The maximum absolute atomic E-state index is 13.1. The van der Waals surface area contributed by atoms with Crippen molar-refractivity contribution in [3.8, 4) is 0 Å². The molecule has 1 aliphatic heterocycles. The maximum atomic E-state index is 13.1. The number of carbonyl (C=O) groups excluding carboxylic acids is 2. The Kier molecular flexibility index (Phi) is 7.47. The first-order chi connectivity index (χ1) is 12.4. The third-order valence-corrected chi connectivity index (χ3v) is 4.29. The molecular formula is C18H24F2N2O4. The van der Waals surface area contributed by atoms with E-state index in [-0.39, 0.29) is 43.5 Å². The number of nitrogens with one attached hydrogen (secondary N) is 2. The van der Waals surface area contributed by atoms with Gasteiger partial charge in [0.2, 0.25) is 11.8 Å². The van der Waals surface area contributed by atoms with Crippen LogP contribution in [0.1, 0.15) is 38.2 Å². The van der Waals surface area contributed by atoms with Gasteiger partial charge in [-0.3, -0.25) is 9.59 Å². The minimum absolute atomic E-state index is 0.0127. The van der Waals surface area contributed by atoms with Gasteiger partial charge in [-0.2, -0.15) is 0 Å². The van der Waals surface area contributed by atoms with Crippen LogP contribution in [0.4, 0.5) is 8.78 Å². The van der Waals surface area contributed by atoms with E-state index in [1.54, 1.807) is 6.92 Å². The molecule has 0 spiro atoms. The van der Waals surface area contributed by atoms with Crippen molar-refractivity contribution in [1.29, 1.82) is 0 Å². The molecule has 0 saturated carbocycles. The quantitative estimate of drug-likeness (QED) is 0.677. The summed E-state index contributed by atoms with van der Waals surface area (Å²) in [4.78, 5) is 23.5. The van der Waals surface area contributed by atoms with Crippen molar-refractivity contribution >= 4 is 11.8 Å². The van der Waals surface area contributed by atoms with Crippen molar-refractivity contribution < 1.29 is 28.2 Å². The van der Waals surface area contributed by atoms with Crippen LogP contribution in [0.15, 0.2) is 18.2 Å². The van der Waals surface area contributed by atoms with Crippen LogP contribution in [-0.4, -0.2) is 41.8 Å². The van der Waals surface area contributed by atoms with Crippen molar-refractivity contribution in [3.05, 3.63) is 35.4 Å². The lowest BCUT2D eigenvalue weighted by molar-refractivity contribution is -0.135. The highest BCUT2D eigenvalue weighted by Crippen LogP contribution is 2.22. The lowest BCUT2D eigenvalue weighted by atomic mass is 9.96. The minimum Gasteiger partial charge on any atom is -0.394 e. The largest absolute Gasteiger partial charge is 0.394 e. The average Bonchev–Trinajstić information content (AvgIpc) is 2.60. The van der Waals surface area contributed by atoms with E-state index >= 15 is 0 Å². The molecule has 0 bridgehead atoms. The number of rotatable bonds is 7. The molecule has 1 fully saturated rings. The van der Waals surface area contributed by atoms with Crippen LogP contribution in [-0.2, 0) is 20.9 Å². The van der Waals surface area contributed by atoms with E-state index in [0.29, 0.717) is 24.8 Å². The van der Waals surface area contributed by atoms with Crippen LogP contribution >= 0.6 is 0 Å². The molecular weight excluding hydrogens is 346 g/mol. The van der Waals surface area contributed by atoms with Gasteiger partial charge in [-0.15, -0.1) is 0 Å². The summed E-state index contributed by atoms with van der Waals surface area (Å²) in [5.74, 6) is -1.82. The Hall–Kier alpha value is -2.06. The minimum atomic E-state index is -0.698. The maximum Gasteiger partial charge on any atom is 0.222 e. The van der Waals surface area contributed by atoms with Gasteiger partial charge in [0.1, 0.15) is 17.7 Å². The van der Waals surface area contributed by atoms with Crippen molar-refractivity contribution in [1.82, 2.24) is 10.6 Å². The third-order valence-electron chi connectivity index (χ3n) is 4.29. The highest BCUT2D eigenvalue weighted by atomic mass is 19.1. The predicted molar refractivity (Wildman–Crippen MR) is 90.0 cm³/mol. The van der Waals surface area contributed by atoms with Crippen molar-refractivity contribution in [2.24, 2.45) is 0 Å². The second-order valence-electron chi connectivity index (χ2n) is 6.34. The Balaban J connectivity index is 1.81. The van der Waals surface area contributed by atoms with E-state index in [1.807, 2.05) is 0 Å². The van der Waals surface area contributed by atoms with Gasteiger partial charge in [0.15, 0.2) is 0 Å². The Bertz CT molecular complexity index is 621. The average molecular weight is 370 g/mol. The third kappa shape index (κ3) is 6.03. The van der Waals surface area contributed by atoms with E-state index < -0.39 is 17.7 Å². The van der Waals surface area contributed by atoms with Crippen LogP contribution in [0.25, 0.3) is 0 Å². The molecule has 8 heteroatoms. The normalized spacial score (nSPS) is 22.7. The van der Waals surface area contributed by atoms with E-state index in [4.69, 9.17) is 4.74 Å². The first kappa shape index (κ1) is 20.3. The van der Waals surface area contributed by atoms with Gasteiger partial charge >= 0.3 is 0 Å². The number of hydrogen-bond acceptors (Lipinski definition) is 4. The zero-order valence-corrected chi connectivity index (χ0v) is 14.6. The molecule has 1 aromatic carbocycles. The molecule has 1 aromatic rings. The highest BCUT2D eigenvalue weighted by Gasteiger charge is 2.32. The lowest BCUT2D eigenvalue weighted by Crippen LogP contribution is -2.51. The number of aliphatic hydroxyl groups is 1.